The van der Waals surface area contributed by atoms with Crippen LogP contribution < -0.4 is 5.73 Å². The lowest BCUT2D eigenvalue weighted by Crippen LogP contribution is -2.50. The average molecular weight is 312 g/mol. The molecular formula is C13H20N4O3S. The number of piperazine rings is 1. The molecule has 1 aromatic rings. The zero-order valence-electron chi connectivity index (χ0n) is 11.9. The summed E-state index contributed by atoms with van der Waals surface area (Å²) in [5.74, 6) is 0.130. The molecule has 1 aliphatic heterocycles. The predicted octanol–water partition coefficient (Wildman–Crippen LogP) is 0.0477. The van der Waals surface area contributed by atoms with E-state index in [2.05, 4.69) is 5.16 Å². The van der Waals surface area contributed by atoms with Crippen molar-refractivity contribution in [2.24, 2.45) is 10.9 Å². The summed E-state index contributed by atoms with van der Waals surface area (Å²) in [5.41, 5.74) is 6.38. The van der Waals surface area contributed by atoms with E-state index in [1.807, 2.05) is 17.9 Å². The Morgan fingerprint density at radius 2 is 2.00 bits per heavy atom. The van der Waals surface area contributed by atoms with Gasteiger partial charge in [-0.3, -0.25) is 4.90 Å². The summed E-state index contributed by atoms with van der Waals surface area (Å²) in [5, 5.41) is 11.5. The number of rotatable bonds is 4. The number of aryl methyl sites for hydroxylation is 1. The molecule has 1 heterocycles. The van der Waals surface area contributed by atoms with Gasteiger partial charge in [0.05, 0.1) is 11.4 Å². The Morgan fingerprint density at radius 1 is 1.33 bits per heavy atom. The van der Waals surface area contributed by atoms with Crippen LogP contribution in [0.1, 0.15) is 5.56 Å². The first-order chi connectivity index (χ1) is 9.93. The van der Waals surface area contributed by atoms with E-state index in [9.17, 15) is 8.42 Å². The second-order valence-electron chi connectivity index (χ2n) is 5.09. The molecule has 0 atom stereocenters. The molecule has 0 aliphatic carbocycles. The van der Waals surface area contributed by atoms with Gasteiger partial charge in [0.2, 0.25) is 10.0 Å². The fourth-order valence-corrected chi connectivity index (χ4v) is 3.84. The molecule has 0 radical (unpaired) electrons. The largest absolute Gasteiger partial charge is 0.409 e. The third-order valence-electron chi connectivity index (χ3n) is 3.47. The lowest BCUT2D eigenvalue weighted by Gasteiger charge is -2.33. The average Bonchev–Trinajstić information content (AvgIpc) is 2.47. The van der Waals surface area contributed by atoms with Crippen molar-refractivity contribution in [3.8, 4) is 0 Å². The first-order valence-electron chi connectivity index (χ1n) is 6.69. The molecule has 1 aliphatic rings. The summed E-state index contributed by atoms with van der Waals surface area (Å²) < 4.78 is 26.6. The van der Waals surface area contributed by atoms with Crippen molar-refractivity contribution < 1.29 is 13.6 Å². The van der Waals surface area contributed by atoms with Crippen molar-refractivity contribution in [3.05, 3.63) is 29.8 Å². The van der Waals surface area contributed by atoms with Gasteiger partial charge in [0.1, 0.15) is 0 Å². The van der Waals surface area contributed by atoms with Crippen molar-refractivity contribution >= 4 is 15.9 Å². The van der Waals surface area contributed by atoms with Gasteiger partial charge >= 0.3 is 0 Å². The SMILES string of the molecule is Cc1cccc(S(=O)(=O)N2CCN(CC(N)=NO)CC2)c1. The summed E-state index contributed by atoms with van der Waals surface area (Å²) in [6.45, 7) is 4.12. The molecule has 0 aromatic heterocycles. The highest BCUT2D eigenvalue weighted by Gasteiger charge is 2.28. The zero-order chi connectivity index (χ0) is 15.5. The minimum atomic E-state index is -3.45. The molecule has 1 fully saturated rings. The number of benzene rings is 1. The Hall–Kier alpha value is -1.64. The molecule has 7 nitrogen and oxygen atoms in total. The van der Waals surface area contributed by atoms with Gasteiger partial charge in [0, 0.05) is 26.2 Å². The maximum atomic E-state index is 12.5. The normalized spacial score (nSPS) is 18.8. The second-order valence-corrected chi connectivity index (χ2v) is 7.03. The van der Waals surface area contributed by atoms with Gasteiger partial charge in [-0.1, -0.05) is 17.3 Å². The van der Waals surface area contributed by atoms with Crippen molar-refractivity contribution in [2.75, 3.05) is 32.7 Å². The Morgan fingerprint density at radius 3 is 2.57 bits per heavy atom. The number of hydrogen-bond acceptors (Lipinski definition) is 5. The van der Waals surface area contributed by atoms with Gasteiger partial charge in [-0.2, -0.15) is 4.31 Å². The molecule has 0 amide bonds. The number of sulfonamides is 1. The molecule has 21 heavy (non-hydrogen) atoms. The summed E-state index contributed by atoms with van der Waals surface area (Å²) in [4.78, 5) is 2.28. The fraction of sp³-hybridized carbons (Fsp3) is 0.462. The van der Waals surface area contributed by atoms with E-state index in [1.165, 1.54) is 4.31 Å². The van der Waals surface area contributed by atoms with Gasteiger partial charge < -0.3 is 10.9 Å². The van der Waals surface area contributed by atoms with Crippen LogP contribution in [0.15, 0.2) is 34.3 Å². The third kappa shape index (κ3) is 3.72. The molecule has 0 spiro atoms. The molecule has 116 valence electrons. The molecule has 0 unspecified atom stereocenters. The topological polar surface area (TPSA) is 99.2 Å². The quantitative estimate of drug-likeness (QED) is 0.354. The lowest BCUT2D eigenvalue weighted by atomic mass is 10.2. The highest BCUT2D eigenvalue weighted by atomic mass is 32.2. The third-order valence-corrected chi connectivity index (χ3v) is 5.37. The second kappa shape index (κ2) is 6.42. The summed E-state index contributed by atoms with van der Waals surface area (Å²) >= 11 is 0. The standard InChI is InChI=1S/C13H20N4O3S/c1-11-3-2-4-12(9-11)21(19,20)17-7-5-16(6-8-17)10-13(14)15-18/h2-4,9,18H,5-8,10H2,1H3,(H2,14,15). The fourth-order valence-electron chi connectivity index (χ4n) is 2.31. The van der Waals surface area contributed by atoms with Crippen LogP contribution in [0.2, 0.25) is 0 Å². The number of nitrogens with two attached hydrogens (primary N) is 1. The number of oxime groups is 1. The maximum absolute atomic E-state index is 12.5. The van der Waals surface area contributed by atoms with Gasteiger partial charge in [-0.15, -0.1) is 0 Å². The van der Waals surface area contributed by atoms with Gasteiger partial charge in [0.25, 0.3) is 0 Å². The van der Waals surface area contributed by atoms with E-state index < -0.39 is 10.0 Å². The minimum absolute atomic E-state index is 0.130. The molecule has 3 N–H and O–H groups in total. The van der Waals surface area contributed by atoms with Crippen LogP contribution in [-0.4, -0.2) is 61.4 Å². The van der Waals surface area contributed by atoms with Crippen molar-refractivity contribution in [3.63, 3.8) is 0 Å². The number of amidine groups is 1. The maximum Gasteiger partial charge on any atom is 0.243 e. The van der Waals surface area contributed by atoms with Gasteiger partial charge in [0.15, 0.2) is 5.84 Å². The predicted molar refractivity (Wildman–Crippen MR) is 79.8 cm³/mol. The monoisotopic (exact) mass is 312 g/mol. The molecule has 8 heteroatoms. The van der Waals surface area contributed by atoms with Crippen LogP contribution in [0.3, 0.4) is 0 Å². The van der Waals surface area contributed by atoms with E-state index in [-0.39, 0.29) is 5.84 Å². The van der Waals surface area contributed by atoms with Crippen molar-refractivity contribution in [2.45, 2.75) is 11.8 Å². The smallest absolute Gasteiger partial charge is 0.243 e. The molecular weight excluding hydrogens is 292 g/mol. The minimum Gasteiger partial charge on any atom is -0.409 e. The molecule has 2 rings (SSSR count). The van der Waals surface area contributed by atoms with Crippen LogP contribution >= 0.6 is 0 Å². The Balaban J connectivity index is 2.04. The molecule has 1 aromatic carbocycles. The van der Waals surface area contributed by atoms with E-state index in [0.717, 1.165) is 5.56 Å². The Labute approximate surface area is 124 Å². The summed E-state index contributed by atoms with van der Waals surface area (Å²) in [7, 11) is -3.45. The van der Waals surface area contributed by atoms with E-state index in [1.54, 1.807) is 18.2 Å². The Bertz CT molecular complexity index is 622. The molecule has 0 saturated carbocycles. The highest BCUT2D eigenvalue weighted by Crippen LogP contribution is 2.18. The first kappa shape index (κ1) is 15.7. The summed E-state index contributed by atoms with van der Waals surface area (Å²) in [6, 6.07) is 6.91. The lowest BCUT2D eigenvalue weighted by molar-refractivity contribution is 0.206. The number of nitrogens with zero attached hydrogens (tertiary/aromatic N) is 3. The molecule has 1 saturated heterocycles. The van der Waals surface area contributed by atoms with E-state index in [4.69, 9.17) is 10.9 Å². The Kier molecular flexibility index (Phi) is 4.81. The van der Waals surface area contributed by atoms with Crippen LogP contribution in [0, 0.1) is 6.92 Å². The first-order valence-corrected chi connectivity index (χ1v) is 8.13. The highest BCUT2D eigenvalue weighted by molar-refractivity contribution is 7.89. The van der Waals surface area contributed by atoms with Crippen molar-refractivity contribution in [1.29, 1.82) is 0 Å². The van der Waals surface area contributed by atoms with Crippen molar-refractivity contribution in [1.82, 2.24) is 9.21 Å². The van der Waals surface area contributed by atoms with Crippen LogP contribution in [0.25, 0.3) is 0 Å². The van der Waals surface area contributed by atoms with E-state index >= 15 is 0 Å². The summed E-state index contributed by atoms with van der Waals surface area (Å²) in [6.07, 6.45) is 0. The van der Waals surface area contributed by atoms with Crippen LogP contribution in [0.5, 0.6) is 0 Å². The van der Waals surface area contributed by atoms with Crippen LogP contribution in [-0.2, 0) is 10.0 Å². The van der Waals surface area contributed by atoms with Gasteiger partial charge in [-0.25, -0.2) is 8.42 Å². The zero-order valence-corrected chi connectivity index (χ0v) is 12.8. The van der Waals surface area contributed by atoms with Crippen LogP contribution in [0.4, 0.5) is 0 Å². The molecule has 0 bridgehead atoms. The van der Waals surface area contributed by atoms with E-state index in [0.29, 0.717) is 37.6 Å². The number of hydrogen-bond donors (Lipinski definition) is 2. The van der Waals surface area contributed by atoms with Gasteiger partial charge in [-0.05, 0) is 24.6 Å².